The number of thioether (sulfide) groups is 2. The van der Waals surface area contributed by atoms with Crippen LogP contribution in [0.5, 0.6) is 11.5 Å². The molecule has 1 N–H and O–H groups in total. The Bertz CT molecular complexity index is 1040. The Balaban J connectivity index is 1.47. The zero-order valence-corrected chi connectivity index (χ0v) is 19.8. The fourth-order valence-electron chi connectivity index (χ4n) is 2.46. The van der Waals surface area contributed by atoms with Gasteiger partial charge in [0, 0.05) is 11.3 Å². The zero-order chi connectivity index (χ0) is 22.1. The van der Waals surface area contributed by atoms with Crippen LogP contribution in [-0.4, -0.2) is 41.8 Å². The summed E-state index contributed by atoms with van der Waals surface area (Å²) in [6.45, 7) is 1.82. The van der Waals surface area contributed by atoms with E-state index in [0.717, 1.165) is 20.0 Å². The van der Waals surface area contributed by atoms with Crippen molar-refractivity contribution < 1.29 is 14.3 Å². The molecule has 0 radical (unpaired) electrons. The van der Waals surface area contributed by atoms with E-state index < -0.39 is 0 Å². The molecule has 1 aromatic heterocycles. The molecule has 0 aliphatic carbocycles. The highest BCUT2D eigenvalue weighted by Gasteiger charge is 2.10. The molecule has 3 aromatic rings. The van der Waals surface area contributed by atoms with Crippen LogP contribution in [-0.2, 0) is 10.5 Å². The summed E-state index contributed by atoms with van der Waals surface area (Å²) >= 11 is 4.46. The molecule has 3 rings (SSSR count). The SMILES string of the molecule is COc1ccc(C(C)=NNC(=O)CSc2nnc(SCc3ccccc3)s2)cc1OC. The molecule has 1 amide bonds. The minimum Gasteiger partial charge on any atom is -0.493 e. The van der Waals surface area contributed by atoms with Crippen LogP contribution in [0.2, 0.25) is 0 Å². The Morgan fingerprint density at radius 2 is 1.74 bits per heavy atom. The number of rotatable bonds is 10. The summed E-state index contributed by atoms with van der Waals surface area (Å²) < 4.78 is 12.2. The van der Waals surface area contributed by atoms with Crippen molar-refractivity contribution in [3.8, 4) is 11.5 Å². The van der Waals surface area contributed by atoms with Gasteiger partial charge in [-0.25, -0.2) is 5.43 Å². The summed E-state index contributed by atoms with van der Waals surface area (Å²) in [6, 6.07) is 15.7. The zero-order valence-electron chi connectivity index (χ0n) is 17.3. The van der Waals surface area contributed by atoms with Gasteiger partial charge in [-0.2, -0.15) is 5.10 Å². The Morgan fingerprint density at radius 3 is 2.45 bits per heavy atom. The molecule has 7 nitrogen and oxygen atoms in total. The minimum atomic E-state index is -0.210. The number of hydrogen-bond acceptors (Lipinski definition) is 9. The number of nitrogens with zero attached hydrogens (tertiary/aromatic N) is 3. The van der Waals surface area contributed by atoms with E-state index in [-0.39, 0.29) is 11.7 Å². The Morgan fingerprint density at radius 1 is 1.03 bits per heavy atom. The van der Waals surface area contributed by atoms with Crippen LogP contribution in [0.25, 0.3) is 0 Å². The third-order valence-corrected chi connectivity index (χ3v) is 7.33. The van der Waals surface area contributed by atoms with Gasteiger partial charge in [0.25, 0.3) is 5.91 Å². The van der Waals surface area contributed by atoms with E-state index >= 15 is 0 Å². The summed E-state index contributed by atoms with van der Waals surface area (Å²) in [5, 5.41) is 12.5. The molecule has 0 fully saturated rings. The lowest BCUT2D eigenvalue weighted by Crippen LogP contribution is -2.21. The van der Waals surface area contributed by atoms with Crippen LogP contribution in [0.4, 0.5) is 0 Å². The maximum atomic E-state index is 12.2. The van der Waals surface area contributed by atoms with Gasteiger partial charge in [0.2, 0.25) is 0 Å². The van der Waals surface area contributed by atoms with Crippen molar-refractivity contribution in [2.75, 3.05) is 20.0 Å². The van der Waals surface area contributed by atoms with Gasteiger partial charge in [-0.15, -0.1) is 10.2 Å². The maximum absolute atomic E-state index is 12.2. The van der Waals surface area contributed by atoms with Crippen molar-refractivity contribution in [3.63, 3.8) is 0 Å². The van der Waals surface area contributed by atoms with Gasteiger partial charge in [0.05, 0.1) is 25.7 Å². The maximum Gasteiger partial charge on any atom is 0.250 e. The van der Waals surface area contributed by atoms with Crippen molar-refractivity contribution in [2.24, 2.45) is 5.10 Å². The van der Waals surface area contributed by atoms with Crippen LogP contribution in [0.3, 0.4) is 0 Å². The number of amides is 1. The molecule has 0 spiro atoms. The molecule has 1 heterocycles. The predicted molar refractivity (Wildman–Crippen MR) is 127 cm³/mol. The van der Waals surface area contributed by atoms with E-state index in [2.05, 4.69) is 32.9 Å². The predicted octanol–water partition coefficient (Wildman–Crippen LogP) is 4.48. The molecular formula is C21H22N4O3S3. The first-order valence-electron chi connectivity index (χ1n) is 9.27. The lowest BCUT2D eigenvalue weighted by molar-refractivity contribution is -0.118. The van der Waals surface area contributed by atoms with Gasteiger partial charge in [0.1, 0.15) is 0 Å². The summed E-state index contributed by atoms with van der Waals surface area (Å²) in [7, 11) is 3.16. The average molecular weight is 475 g/mol. The smallest absolute Gasteiger partial charge is 0.250 e. The molecule has 0 aliphatic heterocycles. The molecule has 0 aliphatic rings. The molecule has 162 valence electrons. The molecule has 31 heavy (non-hydrogen) atoms. The highest BCUT2D eigenvalue weighted by Crippen LogP contribution is 2.30. The number of aromatic nitrogens is 2. The van der Waals surface area contributed by atoms with Crippen molar-refractivity contribution >= 4 is 46.5 Å². The Hall–Kier alpha value is -2.56. The molecule has 0 unspecified atom stereocenters. The monoisotopic (exact) mass is 474 g/mol. The second-order valence-electron chi connectivity index (χ2n) is 6.20. The largest absolute Gasteiger partial charge is 0.493 e. The van der Waals surface area contributed by atoms with Crippen LogP contribution in [0.1, 0.15) is 18.1 Å². The highest BCUT2D eigenvalue weighted by atomic mass is 32.2. The number of benzene rings is 2. The van der Waals surface area contributed by atoms with E-state index in [1.165, 1.54) is 28.7 Å². The normalized spacial score (nSPS) is 11.3. The number of hydrogen-bond donors (Lipinski definition) is 1. The van der Waals surface area contributed by atoms with Crippen LogP contribution < -0.4 is 14.9 Å². The van der Waals surface area contributed by atoms with Gasteiger partial charge in [-0.1, -0.05) is 65.2 Å². The molecule has 0 bridgehead atoms. The number of carbonyl (C=O) groups excluding carboxylic acids is 1. The van der Waals surface area contributed by atoms with E-state index in [9.17, 15) is 4.79 Å². The van der Waals surface area contributed by atoms with Gasteiger partial charge in [0.15, 0.2) is 20.2 Å². The summed E-state index contributed by atoms with van der Waals surface area (Å²) in [5.74, 6) is 2.08. The molecule has 0 saturated carbocycles. The lowest BCUT2D eigenvalue weighted by Gasteiger charge is -2.09. The lowest BCUT2D eigenvalue weighted by atomic mass is 10.1. The van der Waals surface area contributed by atoms with E-state index in [4.69, 9.17) is 9.47 Å². The number of nitrogens with one attached hydrogen (secondary N) is 1. The summed E-state index contributed by atoms with van der Waals surface area (Å²) in [4.78, 5) is 12.2. The third kappa shape index (κ3) is 6.98. The number of hydrazone groups is 1. The first kappa shape index (κ1) is 23.1. The third-order valence-electron chi connectivity index (χ3n) is 4.07. The Kier molecular flexibility index (Phi) is 8.74. The average Bonchev–Trinajstić information content (AvgIpc) is 3.28. The van der Waals surface area contributed by atoms with Crippen molar-refractivity contribution in [3.05, 3.63) is 59.7 Å². The quantitative estimate of drug-likeness (QED) is 0.263. The van der Waals surface area contributed by atoms with Crippen molar-refractivity contribution in [1.29, 1.82) is 0 Å². The van der Waals surface area contributed by atoms with Crippen LogP contribution in [0, 0.1) is 0 Å². The van der Waals surface area contributed by atoms with Crippen LogP contribution >= 0.6 is 34.9 Å². The van der Waals surface area contributed by atoms with Gasteiger partial charge in [-0.3, -0.25) is 4.79 Å². The van der Waals surface area contributed by atoms with E-state index in [1.807, 2.05) is 37.3 Å². The second-order valence-corrected chi connectivity index (χ2v) is 9.62. The second kappa shape index (κ2) is 11.7. The standard InChI is InChI=1S/C21H22N4O3S3/c1-14(16-9-10-17(27-2)18(11-16)28-3)22-23-19(26)13-30-21-25-24-20(31-21)29-12-15-7-5-4-6-8-15/h4-11H,12-13H2,1-3H3,(H,23,26). The van der Waals surface area contributed by atoms with Gasteiger partial charge in [-0.05, 0) is 30.7 Å². The summed E-state index contributed by atoms with van der Waals surface area (Å²) in [5.41, 5.74) is 5.30. The van der Waals surface area contributed by atoms with E-state index in [1.54, 1.807) is 32.0 Å². The topological polar surface area (TPSA) is 85.7 Å². The number of ether oxygens (including phenoxy) is 2. The fourth-order valence-corrected chi connectivity index (χ4v) is 5.23. The first-order chi connectivity index (χ1) is 15.1. The minimum absolute atomic E-state index is 0.209. The summed E-state index contributed by atoms with van der Waals surface area (Å²) in [6.07, 6.45) is 0. The van der Waals surface area contributed by atoms with Gasteiger partial charge < -0.3 is 9.47 Å². The van der Waals surface area contributed by atoms with Crippen LogP contribution in [0.15, 0.2) is 62.3 Å². The van der Waals surface area contributed by atoms with E-state index in [0.29, 0.717) is 17.2 Å². The highest BCUT2D eigenvalue weighted by molar-refractivity contribution is 8.03. The van der Waals surface area contributed by atoms with Crippen molar-refractivity contribution in [1.82, 2.24) is 15.6 Å². The number of carbonyl (C=O) groups is 1. The van der Waals surface area contributed by atoms with Crippen molar-refractivity contribution in [2.45, 2.75) is 21.4 Å². The molecule has 2 aromatic carbocycles. The molecule has 10 heteroatoms. The Labute approximate surface area is 193 Å². The molecule has 0 atom stereocenters. The van der Waals surface area contributed by atoms with Gasteiger partial charge >= 0.3 is 0 Å². The molecular weight excluding hydrogens is 452 g/mol. The first-order valence-corrected chi connectivity index (χ1v) is 12.1. The fraction of sp³-hybridized carbons (Fsp3) is 0.238. The molecule has 0 saturated heterocycles. The number of methoxy groups -OCH3 is 2.